The van der Waals surface area contributed by atoms with Crippen molar-refractivity contribution in [3.8, 4) is 0 Å². The number of halogens is 3. The fraction of sp³-hybridized carbons (Fsp3) is 0.455. The van der Waals surface area contributed by atoms with Gasteiger partial charge in [-0.25, -0.2) is 13.1 Å². The number of nitrogens with one attached hydrogen (secondary N) is 1. The molecule has 0 aliphatic rings. The maximum atomic E-state index is 12.4. The number of aliphatic hydroxyl groups is 1. The number of rotatable bonds is 6. The summed E-state index contributed by atoms with van der Waals surface area (Å²) in [4.78, 5) is 0. The highest BCUT2D eigenvalue weighted by molar-refractivity contribution is 7.89. The Bertz CT molecular complexity index is 514. The Labute approximate surface area is 109 Å². The maximum Gasteiger partial charge on any atom is 0.416 e. The molecule has 0 radical (unpaired) electrons. The van der Waals surface area contributed by atoms with Crippen LogP contribution in [0.1, 0.15) is 17.5 Å². The average molecular weight is 297 g/mol. The molecule has 0 saturated heterocycles. The van der Waals surface area contributed by atoms with Crippen LogP contribution in [0.5, 0.6) is 0 Å². The van der Waals surface area contributed by atoms with E-state index in [1.807, 2.05) is 0 Å². The van der Waals surface area contributed by atoms with E-state index in [0.717, 1.165) is 12.1 Å². The summed E-state index contributed by atoms with van der Waals surface area (Å²) >= 11 is 0. The SMILES string of the molecule is O=S(=O)(CCCO)NCc1cccc(C(F)(F)F)c1. The van der Waals surface area contributed by atoms with E-state index in [9.17, 15) is 21.6 Å². The molecule has 0 bridgehead atoms. The van der Waals surface area contributed by atoms with Gasteiger partial charge < -0.3 is 5.11 Å². The van der Waals surface area contributed by atoms with Crippen LogP contribution in [-0.2, 0) is 22.7 Å². The molecular weight excluding hydrogens is 283 g/mol. The second kappa shape index (κ2) is 6.36. The van der Waals surface area contributed by atoms with Gasteiger partial charge in [0.15, 0.2) is 0 Å². The van der Waals surface area contributed by atoms with Gasteiger partial charge in [-0.05, 0) is 18.1 Å². The summed E-state index contributed by atoms with van der Waals surface area (Å²) in [5.41, 5.74) is -0.595. The van der Waals surface area contributed by atoms with Crippen LogP contribution < -0.4 is 4.72 Å². The lowest BCUT2D eigenvalue weighted by atomic mass is 10.1. The summed E-state index contributed by atoms with van der Waals surface area (Å²) in [6.45, 7) is -0.470. The molecule has 108 valence electrons. The van der Waals surface area contributed by atoms with Gasteiger partial charge in [-0.1, -0.05) is 18.2 Å². The average Bonchev–Trinajstić information content (AvgIpc) is 2.34. The monoisotopic (exact) mass is 297 g/mol. The Morgan fingerprint density at radius 3 is 2.53 bits per heavy atom. The number of benzene rings is 1. The zero-order valence-electron chi connectivity index (χ0n) is 9.94. The van der Waals surface area contributed by atoms with Crippen molar-refractivity contribution in [2.75, 3.05) is 12.4 Å². The van der Waals surface area contributed by atoms with Crippen molar-refractivity contribution in [1.29, 1.82) is 0 Å². The molecule has 2 N–H and O–H groups in total. The Hall–Kier alpha value is -1.12. The molecule has 0 unspecified atom stereocenters. The molecule has 0 atom stereocenters. The summed E-state index contributed by atoms with van der Waals surface area (Å²) < 4.78 is 62.3. The van der Waals surface area contributed by atoms with E-state index >= 15 is 0 Å². The van der Waals surface area contributed by atoms with E-state index in [4.69, 9.17) is 5.11 Å². The van der Waals surface area contributed by atoms with Crippen molar-refractivity contribution >= 4 is 10.0 Å². The molecule has 0 aliphatic carbocycles. The largest absolute Gasteiger partial charge is 0.416 e. The predicted molar refractivity (Wildman–Crippen MR) is 63.8 cm³/mol. The Kier molecular flexibility index (Phi) is 5.33. The van der Waals surface area contributed by atoms with Gasteiger partial charge in [-0.3, -0.25) is 0 Å². The molecule has 1 rings (SSSR count). The van der Waals surface area contributed by atoms with Gasteiger partial charge in [0.25, 0.3) is 0 Å². The second-order valence-corrected chi connectivity index (χ2v) is 5.84. The van der Waals surface area contributed by atoms with Crippen LogP contribution in [0.15, 0.2) is 24.3 Å². The van der Waals surface area contributed by atoms with Crippen LogP contribution in [0, 0.1) is 0 Å². The molecule has 8 heteroatoms. The summed E-state index contributed by atoms with van der Waals surface area (Å²) in [5, 5.41) is 8.52. The van der Waals surface area contributed by atoms with Gasteiger partial charge in [0.05, 0.1) is 11.3 Å². The van der Waals surface area contributed by atoms with Gasteiger partial charge in [0, 0.05) is 13.2 Å². The first-order chi connectivity index (χ1) is 8.74. The van der Waals surface area contributed by atoms with E-state index in [2.05, 4.69) is 4.72 Å². The Morgan fingerprint density at radius 2 is 1.95 bits per heavy atom. The molecule has 0 heterocycles. The van der Waals surface area contributed by atoms with Crippen molar-refractivity contribution in [3.05, 3.63) is 35.4 Å². The van der Waals surface area contributed by atoms with Crippen molar-refractivity contribution in [1.82, 2.24) is 4.72 Å². The number of hydrogen-bond donors (Lipinski definition) is 2. The fourth-order valence-electron chi connectivity index (χ4n) is 1.38. The van der Waals surface area contributed by atoms with Crippen LogP contribution >= 0.6 is 0 Å². The number of aliphatic hydroxyl groups excluding tert-OH is 1. The van der Waals surface area contributed by atoms with E-state index in [1.54, 1.807) is 0 Å². The standard InChI is InChI=1S/C11H14F3NO3S/c12-11(13,14)10-4-1-3-9(7-10)8-15-19(17,18)6-2-5-16/h1,3-4,7,15-16H,2,5-6,8H2. The number of sulfonamides is 1. The minimum absolute atomic E-state index is 0.0813. The molecule has 0 aliphatic heterocycles. The fourth-order valence-corrected chi connectivity index (χ4v) is 2.42. The van der Waals surface area contributed by atoms with Gasteiger partial charge in [0.1, 0.15) is 0 Å². The lowest BCUT2D eigenvalue weighted by Crippen LogP contribution is -2.26. The van der Waals surface area contributed by atoms with Gasteiger partial charge in [0.2, 0.25) is 10.0 Å². The molecule has 0 aromatic heterocycles. The van der Waals surface area contributed by atoms with Gasteiger partial charge in [-0.2, -0.15) is 13.2 Å². The molecule has 4 nitrogen and oxygen atoms in total. The topological polar surface area (TPSA) is 66.4 Å². The van der Waals surface area contributed by atoms with Gasteiger partial charge >= 0.3 is 6.18 Å². The predicted octanol–water partition coefficient (Wildman–Crippen LogP) is 1.51. The third kappa shape index (κ3) is 5.58. The molecule has 0 saturated carbocycles. The summed E-state index contributed by atoms with van der Waals surface area (Å²) in [7, 11) is -3.58. The van der Waals surface area contributed by atoms with E-state index < -0.39 is 21.8 Å². The van der Waals surface area contributed by atoms with Crippen molar-refractivity contribution < 1.29 is 26.7 Å². The highest BCUT2D eigenvalue weighted by Gasteiger charge is 2.30. The van der Waals surface area contributed by atoms with Crippen LogP contribution in [0.25, 0.3) is 0 Å². The molecule has 1 aromatic rings. The molecular formula is C11H14F3NO3S. The Morgan fingerprint density at radius 1 is 1.26 bits per heavy atom. The molecule has 0 fully saturated rings. The molecule has 1 aromatic carbocycles. The van der Waals surface area contributed by atoms with Gasteiger partial charge in [-0.15, -0.1) is 0 Å². The van der Waals surface area contributed by atoms with Crippen LogP contribution in [0.3, 0.4) is 0 Å². The first-order valence-electron chi connectivity index (χ1n) is 5.49. The van der Waals surface area contributed by atoms with Crippen LogP contribution in [0.4, 0.5) is 13.2 Å². The van der Waals surface area contributed by atoms with Crippen LogP contribution in [-0.4, -0.2) is 25.9 Å². The van der Waals surface area contributed by atoms with E-state index in [-0.39, 0.29) is 30.9 Å². The quantitative estimate of drug-likeness (QED) is 0.836. The van der Waals surface area contributed by atoms with Crippen molar-refractivity contribution in [2.45, 2.75) is 19.1 Å². The highest BCUT2D eigenvalue weighted by Crippen LogP contribution is 2.29. The van der Waals surface area contributed by atoms with E-state index in [1.165, 1.54) is 12.1 Å². The van der Waals surface area contributed by atoms with E-state index in [0.29, 0.717) is 0 Å². The first-order valence-corrected chi connectivity index (χ1v) is 7.14. The Balaban J connectivity index is 2.69. The summed E-state index contributed by atoms with van der Waals surface area (Å²) in [6, 6.07) is 4.45. The summed E-state index contributed by atoms with van der Waals surface area (Å²) in [6.07, 6.45) is -4.37. The molecule has 0 amide bonds. The van der Waals surface area contributed by atoms with Crippen molar-refractivity contribution in [3.63, 3.8) is 0 Å². The first kappa shape index (κ1) is 15.9. The zero-order chi connectivity index (χ0) is 14.5. The summed E-state index contributed by atoms with van der Waals surface area (Å²) in [5.74, 6) is -0.261. The number of alkyl halides is 3. The van der Waals surface area contributed by atoms with Crippen molar-refractivity contribution in [2.24, 2.45) is 0 Å². The maximum absolute atomic E-state index is 12.4. The third-order valence-corrected chi connectivity index (χ3v) is 3.73. The smallest absolute Gasteiger partial charge is 0.396 e. The lowest BCUT2D eigenvalue weighted by Gasteiger charge is -2.09. The third-order valence-electron chi connectivity index (χ3n) is 2.32. The number of hydrogen-bond acceptors (Lipinski definition) is 3. The second-order valence-electron chi connectivity index (χ2n) is 3.92. The lowest BCUT2D eigenvalue weighted by molar-refractivity contribution is -0.137. The minimum Gasteiger partial charge on any atom is -0.396 e. The molecule has 0 spiro atoms. The minimum atomic E-state index is -4.45. The normalized spacial score (nSPS) is 12.6. The zero-order valence-corrected chi connectivity index (χ0v) is 10.8. The highest BCUT2D eigenvalue weighted by atomic mass is 32.2. The van der Waals surface area contributed by atoms with Crippen LogP contribution in [0.2, 0.25) is 0 Å². The molecule has 19 heavy (non-hydrogen) atoms.